The van der Waals surface area contributed by atoms with Gasteiger partial charge in [-0.15, -0.1) is 0 Å². The summed E-state index contributed by atoms with van der Waals surface area (Å²) in [5.41, 5.74) is 1.87. The molecular formula is C21H26N6O5. The number of non-ortho nitro benzene ring substituents is 2. The maximum absolute atomic E-state index is 12.2. The highest BCUT2D eigenvalue weighted by atomic mass is 16.6. The van der Waals surface area contributed by atoms with Gasteiger partial charge in [-0.3, -0.25) is 29.9 Å². The molecule has 0 saturated carbocycles. The molecule has 1 saturated heterocycles. The number of anilines is 2. The first-order valence-electron chi connectivity index (χ1n) is 10.4. The van der Waals surface area contributed by atoms with Gasteiger partial charge in [0.1, 0.15) is 0 Å². The van der Waals surface area contributed by atoms with Crippen LogP contribution < -0.4 is 15.5 Å². The van der Waals surface area contributed by atoms with Crippen molar-refractivity contribution in [3.8, 4) is 0 Å². The number of amides is 1. The Morgan fingerprint density at radius 3 is 1.97 bits per heavy atom. The molecule has 2 aromatic carbocycles. The van der Waals surface area contributed by atoms with Crippen molar-refractivity contribution in [1.82, 2.24) is 10.2 Å². The number of rotatable bonds is 10. The van der Waals surface area contributed by atoms with E-state index in [0.29, 0.717) is 19.6 Å². The summed E-state index contributed by atoms with van der Waals surface area (Å²) in [5, 5.41) is 27.5. The second-order valence-corrected chi connectivity index (χ2v) is 7.47. The number of piperazine rings is 1. The molecule has 1 amide bonds. The average Bonchev–Trinajstić information content (AvgIpc) is 2.79. The molecule has 2 N–H and O–H groups in total. The lowest BCUT2D eigenvalue weighted by Crippen LogP contribution is -2.49. The predicted octanol–water partition coefficient (Wildman–Crippen LogP) is 2.24. The highest BCUT2D eigenvalue weighted by molar-refractivity contribution is 5.78. The van der Waals surface area contributed by atoms with Crippen LogP contribution in [0.1, 0.15) is 6.42 Å². The molecule has 0 bridgehead atoms. The minimum Gasteiger partial charge on any atom is -0.385 e. The number of benzene rings is 2. The van der Waals surface area contributed by atoms with Crippen molar-refractivity contribution in [2.45, 2.75) is 6.42 Å². The lowest BCUT2D eigenvalue weighted by Gasteiger charge is -2.35. The maximum atomic E-state index is 12.2. The van der Waals surface area contributed by atoms with Crippen LogP contribution in [0.5, 0.6) is 0 Å². The maximum Gasteiger partial charge on any atom is 0.269 e. The zero-order valence-corrected chi connectivity index (χ0v) is 17.6. The van der Waals surface area contributed by atoms with E-state index in [2.05, 4.69) is 20.4 Å². The van der Waals surface area contributed by atoms with Crippen LogP contribution in [0.4, 0.5) is 22.7 Å². The normalized spacial score (nSPS) is 14.1. The van der Waals surface area contributed by atoms with Crippen LogP contribution >= 0.6 is 0 Å². The molecule has 32 heavy (non-hydrogen) atoms. The summed E-state index contributed by atoms with van der Waals surface area (Å²) in [5.74, 6) is -0.0240. The summed E-state index contributed by atoms with van der Waals surface area (Å²) >= 11 is 0. The summed E-state index contributed by atoms with van der Waals surface area (Å²) in [6.07, 6.45) is 0.733. The molecule has 170 valence electrons. The number of hydrogen-bond donors (Lipinski definition) is 2. The molecular weight excluding hydrogens is 416 g/mol. The zero-order chi connectivity index (χ0) is 22.9. The Hall–Kier alpha value is -3.73. The molecule has 0 spiro atoms. The predicted molar refractivity (Wildman–Crippen MR) is 121 cm³/mol. The van der Waals surface area contributed by atoms with Crippen molar-refractivity contribution in [2.75, 3.05) is 56.0 Å². The van der Waals surface area contributed by atoms with E-state index in [0.717, 1.165) is 44.0 Å². The van der Waals surface area contributed by atoms with Crippen LogP contribution in [0.25, 0.3) is 0 Å². The Kier molecular flexibility index (Phi) is 7.92. The summed E-state index contributed by atoms with van der Waals surface area (Å²) in [4.78, 5) is 37.0. The van der Waals surface area contributed by atoms with Crippen molar-refractivity contribution in [3.05, 3.63) is 68.8 Å². The number of carbonyl (C=O) groups is 1. The SMILES string of the molecule is O=C(CN1CCN(c2ccc([N+](=O)[O-])cc2)CC1)NCCCNc1ccc([N+](=O)[O-])cc1. The third-order valence-corrected chi connectivity index (χ3v) is 5.25. The fourth-order valence-electron chi connectivity index (χ4n) is 3.46. The van der Waals surface area contributed by atoms with Gasteiger partial charge >= 0.3 is 0 Å². The molecule has 1 aliphatic rings. The molecule has 2 aromatic rings. The Balaban J connectivity index is 1.29. The molecule has 1 fully saturated rings. The molecule has 11 heteroatoms. The number of nitro groups is 2. The molecule has 11 nitrogen and oxygen atoms in total. The van der Waals surface area contributed by atoms with Gasteiger partial charge < -0.3 is 15.5 Å². The Morgan fingerprint density at radius 1 is 0.844 bits per heavy atom. The lowest BCUT2D eigenvalue weighted by molar-refractivity contribution is -0.385. The lowest BCUT2D eigenvalue weighted by atomic mass is 10.2. The second-order valence-electron chi connectivity index (χ2n) is 7.47. The van der Waals surface area contributed by atoms with E-state index in [1.165, 1.54) is 24.3 Å². The standard InChI is InChI=1S/C21H26N6O5/c28-21(23-11-1-10-22-17-2-4-19(5-3-17)26(29)30)16-24-12-14-25(15-13-24)18-6-8-20(9-7-18)27(31)32/h2-9,22H,1,10-16H2,(H,23,28). The van der Waals surface area contributed by atoms with Crippen molar-refractivity contribution < 1.29 is 14.6 Å². The molecule has 3 rings (SSSR count). The van der Waals surface area contributed by atoms with Crippen LogP contribution in [0.15, 0.2) is 48.5 Å². The van der Waals surface area contributed by atoms with E-state index in [1.807, 2.05) is 0 Å². The van der Waals surface area contributed by atoms with Crippen molar-refractivity contribution in [1.29, 1.82) is 0 Å². The molecule has 0 radical (unpaired) electrons. The van der Waals surface area contributed by atoms with Gasteiger partial charge in [-0.25, -0.2) is 0 Å². The monoisotopic (exact) mass is 442 g/mol. The fourth-order valence-corrected chi connectivity index (χ4v) is 3.46. The largest absolute Gasteiger partial charge is 0.385 e. The molecule has 0 atom stereocenters. The van der Waals surface area contributed by atoms with Crippen molar-refractivity contribution in [2.24, 2.45) is 0 Å². The van der Waals surface area contributed by atoms with E-state index in [1.54, 1.807) is 24.3 Å². The molecule has 0 aromatic heterocycles. The van der Waals surface area contributed by atoms with E-state index < -0.39 is 9.85 Å². The molecule has 1 heterocycles. The Labute approximate surface area is 185 Å². The second kappa shape index (κ2) is 11.0. The first-order chi connectivity index (χ1) is 15.4. The highest BCUT2D eigenvalue weighted by Crippen LogP contribution is 2.20. The number of hydrogen-bond acceptors (Lipinski definition) is 8. The topological polar surface area (TPSA) is 134 Å². The Morgan fingerprint density at radius 2 is 1.41 bits per heavy atom. The van der Waals surface area contributed by atoms with Crippen LogP contribution in [0.2, 0.25) is 0 Å². The third-order valence-electron chi connectivity index (χ3n) is 5.25. The molecule has 0 unspecified atom stereocenters. The molecule has 0 aliphatic carbocycles. The van der Waals surface area contributed by atoms with Crippen molar-refractivity contribution >= 4 is 28.7 Å². The summed E-state index contributed by atoms with van der Waals surface area (Å²) in [6, 6.07) is 12.7. The van der Waals surface area contributed by atoms with Gasteiger partial charge in [0.25, 0.3) is 11.4 Å². The summed E-state index contributed by atoms with van der Waals surface area (Å²) < 4.78 is 0. The van der Waals surface area contributed by atoms with E-state index in [4.69, 9.17) is 0 Å². The fraction of sp³-hybridized carbons (Fsp3) is 0.381. The smallest absolute Gasteiger partial charge is 0.269 e. The van der Waals surface area contributed by atoms with Crippen LogP contribution in [0.3, 0.4) is 0 Å². The van der Waals surface area contributed by atoms with E-state index in [9.17, 15) is 25.0 Å². The van der Waals surface area contributed by atoms with Gasteiger partial charge in [-0.1, -0.05) is 0 Å². The summed E-state index contributed by atoms with van der Waals surface area (Å²) in [7, 11) is 0. The van der Waals surface area contributed by atoms with E-state index in [-0.39, 0.29) is 17.3 Å². The van der Waals surface area contributed by atoms with Gasteiger partial charge in [-0.2, -0.15) is 0 Å². The first-order valence-corrected chi connectivity index (χ1v) is 10.4. The van der Waals surface area contributed by atoms with Gasteiger partial charge in [0.2, 0.25) is 5.91 Å². The van der Waals surface area contributed by atoms with Gasteiger partial charge in [-0.05, 0) is 30.7 Å². The number of nitro benzene ring substituents is 2. The Bertz CT molecular complexity index is 927. The summed E-state index contributed by atoms with van der Waals surface area (Å²) in [6.45, 7) is 4.52. The van der Waals surface area contributed by atoms with Crippen molar-refractivity contribution in [3.63, 3.8) is 0 Å². The zero-order valence-electron chi connectivity index (χ0n) is 17.6. The number of nitrogens with one attached hydrogen (secondary N) is 2. The number of nitrogens with zero attached hydrogens (tertiary/aromatic N) is 4. The van der Waals surface area contributed by atoms with Gasteiger partial charge in [0.15, 0.2) is 0 Å². The molecule has 1 aliphatic heterocycles. The van der Waals surface area contributed by atoms with E-state index >= 15 is 0 Å². The number of carbonyl (C=O) groups excluding carboxylic acids is 1. The minimum absolute atomic E-state index is 0.0240. The average molecular weight is 442 g/mol. The van der Waals surface area contributed by atoms with Gasteiger partial charge in [0, 0.05) is 74.9 Å². The quantitative estimate of drug-likeness (QED) is 0.325. The first kappa shape index (κ1) is 22.9. The van der Waals surface area contributed by atoms with Crippen LogP contribution in [-0.4, -0.2) is 66.5 Å². The minimum atomic E-state index is -0.436. The highest BCUT2D eigenvalue weighted by Gasteiger charge is 2.19. The third kappa shape index (κ3) is 6.64. The van der Waals surface area contributed by atoms with Crippen LogP contribution in [-0.2, 0) is 4.79 Å². The van der Waals surface area contributed by atoms with Gasteiger partial charge in [0.05, 0.1) is 16.4 Å². The van der Waals surface area contributed by atoms with Crippen LogP contribution in [0, 0.1) is 20.2 Å².